The monoisotopic (exact) mass is 419 g/mol. The summed E-state index contributed by atoms with van der Waals surface area (Å²) in [5.74, 6) is -0.446. The SMILES string of the molecule is Cc1cccc(C(=O)N2C(C(=O)O)CSC2C(C)C)c1I. The van der Waals surface area contributed by atoms with Crippen LogP contribution in [-0.4, -0.2) is 39.1 Å². The molecule has 4 nitrogen and oxygen atoms in total. The number of nitrogens with zero attached hydrogens (tertiary/aromatic N) is 1. The van der Waals surface area contributed by atoms with E-state index in [1.54, 1.807) is 22.7 Å². The fourth-order valence-electron chi connectivity index (χ4n) is 2.44. The van der Waals surface area contributed by atoms with E-state index < -0.39 is 12.0 Å². The molecule has 1 aliphatic rings. The Balaban J connectivity index is 2.42. The van der Waals surface area contributed by atoms with Gasteiger partial charge in [-0.05, 0) is 47.1 Å². The first-order valence-electron chi connectivity index (χ1n) is 6.76. The first-order chi connectivity index (χ1) is 9.84. The van der Waals surface area contributed by atoms with Crippen molar-refractivity contribution in [1.82, 2.24) is 4.90 Å². The number of hydrogen-bond acceptors (Lipinski definition) is 3. The van der Waals surface area contributed by atoms with E-state index in [2.05, 4.69) is 22.6 Å². The van der Waals surface area contributed by atoms with Gasteiger partial charge in [-0.3, -0.25) is 4.79 Å². The van der Waals surface area contributed by atoms with Gasteiger partial charge in [0, 0.05) is 9.32 Å². The highest BCUT2D eigenvalue weighted by atomic mass is 127. The molecular formula is C15H18INO3S. The Morgan fingerprint density at radius 2 is 2.10 bits per heavy atom. The van der Waals surface area contributed by atoms with Crippen LogP contribution >= 0.6 is 34.4 Å². The third kappa shape index (κ3) is 3.21. The summed E-state index contributed by atoms with van der Waals surface area (Å²) in [5, 5.41) is 9.31. The van der Waals surface area contributed by atoms with Crippen molar-refractivity contribution in [1.29, 1.82) is 0 Å². The second-order valence-corrected chi connectivity index (χ2v) is 7.70. The third-order valence-corrected chi connectivity index (χ3v) is 6.60. The van der Waals surface area contributed by atoms with Gasteiger partial charge in [-0.25, -0.2) is 4.79 Å². The Morgan fingerprint density at radius 3 is 2.67 bits per heavy atom. The van der Waals surface area contributed by atoms with Crippen LogP contribution in [0.5, 0.6) is 0 Å². The number of benzene rings is 1. The van der Waals surface area contributed by atoms with Crippen molar-refractivity contribution in [2.24, 2.45) is 5.92 Å². The van der Waals surface area contributed by atoms with Gasteiger partial charge in [0.05, 0.1) is 10.9 Å². The lowest BCUT2D eigenvalue weighted by Gasteiger charge is -2.30. The number of halogens is 1. The van der Waals surface area contributed by atoms with Crippen molar-refractivity contribution in [3.63, 3.8) is 0 Å². The predicted molar refractivity (Wildman–Crippen MR) is 92.6 cm³/mol. The molecule has 114 valence electrons. The maximum Gasteiger partial charge on any atom is 0.327 e. The number of carbonyl (C=O) groups excluding carboxylic acids is 1. The van der Waals surface area contributed by atoms with Crippen LogP contribution in [0.3, 0.4) is 0 Å². The van der Waals surface area contributed by atoms with Crippen LogP contribution in [0, 0.1) is 16.4 Å². The molecule has 1 aromatic carbocycles. The molecule has 1 amide bonds. The molecule has 0 bridgehead atoms. The summed E-state index contributed by atoms with van der Waals surface area (Å²) in [6.45, 7) is 5.98. The van der Waals surface area contributed by atoms with E-state index in [9.17, 15) is 14.7 Å². The number of carboxylic acids is 1. The Bertz CT molecular complexity index is 576. The van der Waals surface area contributed by atoms with Crippen LogP contribution in [0.4, 0.5) is 0 Å². The Hall–Kier alpha value is -0.760. The minimum absolute atomic E-state index is 0.0880. The van der Waals surface area contributed by atoms with Crippen LogP contribution in [-0.2, 0) is 4.79 Å². The van der Waals surface area contributed by atoms with Gasteiger partial charge in [-0.15, -0.1) is 11.8 Å². The van der Waals surface area contributed by atoms with Gasteiger partial charge in [0.15, 0.2) is 0 Å². The van der Waals surface area contributed by atoms with E-state index >= 15 is 0 Å². The minimum atomic E-state index is -0.929. The largest absolute Gasteiger partial charge is 0.480 e. The van der Waals surface area contributed by atoms with Gasteiger partial charge >= 0.3 is 5.97 Å². The van der Waals surface area contributed by atoms with Crippen molar-refractivity contribution in [3.05, 3.63) is 32.9 Å². The minimum Gasteiger partial charge on any atom is -0.480 e. The number of amides is 1. The number of hydrogen-bond donors (Lipinski definition) is 1. The quantitative estimate of drug-likeness (QED) is 0.765. The Morgan fingerprint density at radius 1 is 1.43 bits per heavy atom. The molecule has 21 heavy (non-hydrogen) atoms. The third-order valence-electron chi connectivity index (χ3n) is 3.55. The lowest BCUT2D eigenvalue weighted by atomic mass is 10.1. The molecule has 2 atom stereocenters. The molecule has 0 aromatic heterocycles. The lowest BCUT2D eigenvalue weighted by molar-refractivity contribution is -0.141. The smallest absolute Gasteiger partial charge is 0.327 e. The fraction of sp³-hybridized carbons (Fsp3) is 0.467. The van der Waals surface area contributed by atoms with Gasteiger partial charge in [0.25, 0.3) is 5.91 Å². The van der Waals surface area contributed by atoms with Crippen LogP contribution in [0.2, 0.25) is 0 Å². The van der Waals surface area contributed by atoms with Gasteiger partial charge in [0.2, 0.25) is 0 Å². The topological polar surface area (TPSA) is 57.6 Å². The summed E-state index contributed by atoms with van der Waals surface area (Å²) in [4.78, 5) is 25.9. The summed E-state index contributed by atoms with van der Waals surface area (Å²) in [7, 11) is 0. The molecule has 0 aliphatic carbocycles. The molecule has 0 spiro atoms. The highest BCUT2D eigenvalue weighted by Crippen LogP contribution is 2.36. The van der Waals surface area contributed by atoms with Gasteiger partial charge in [0.1, 0.15) is 6.04 Å². The Kier molecular flexibility index (Phi) is 5.19. The molecule has 1 aromatic rings. The molecular weight excluding hydrogens is 401 g/mol. The molecule has 1 fully saturated rings. The maximum absolute atomic E-state index is 12.9. The average Bonchev–Trinajstić information content (AvgIpc) is 2.86. The molecule has 2 unspecified atom stereocenters. The zero-order chi connectivity index (χ0) is 15.7. The molecule has 6 heteroatoms. The fourth-order valence-corrected chi connectivity index (χ4v) is 4.50. The Labute approximate surface area is 142 Å². The molecule has 1 heterocycles. The van der Waals surface area contributed by atoms with Crippen LogP contribution in [0.1, 0.15) is 29.8 Å². The number of thioether (sulfide) groups is 1. The van der Waals surface area contributed by atoms with Crippen molar-refractivity contribution < 1.29 is 14.7 Å². The number of carbonyl (C=O) groups is 2. The van der Waals surface area contributed by atoms with Crippen molar-refractivity contribution in [3.8, 4) is 0 Å². The van der Waals surface area contributed by atoms with E-state index in [0.717, 1.165) is 9.13 Å². The van der Waals surface area contributed by atoms with Crippen molar-refractivity contribution in [2.75, 3.05) is 5.75 Å². The average molecular weight is 419 g/mol. The van der Waals surface area contributed by atoms with Gasteiger partial charge in [-0.1, -0.05) is 26.0 Å². The summed E-state index contributed by atoms with van der Waals surface area (Å²) in [6, 6.07) is 4.82. The second-order valence-electron chi connectivity index (χ2n) is 5.47. The molecule has 0 saturated carbocycles. The molecule has 1 aliphatic heterocycles. The second kappa shape index (κ2) is 6.56. The summed E-state index contributed by atoms with van der Waals surface area (Å²) >= 11 is 3.70. The zero-order valence-corrected chi connectivity index (χ0v) is 15.1. The predicted octanol–water partition coefficient (Wildman–Crippen LogP) is 3.22. The lowest BCUT2D eigenvalue weighted by Crippen LogP contribution is -2.47. The highest BCUT2D eigenvalue weighted by Gasteiger charge is 2.43. The van der Waals surface area contributed by atoms with E-state index in [1.165, 1.54) is 0 Å². The molecule has 1 saturated heterocycles. The molecule has 0 radical (unpaired) electrons. The van der Waals surface area contributed by atoms with Crippen LogP contribution < -0.4 is 0 Å². The normalized spacial score (nSPS) is 21.9. The van der Waals surface area contributed by atoms with Gasteiger partial charge < -0.3 is 10.0 Å². The first-order valence-corrected chi connectivity index (χ1v) is 8.89. The zero-order valence-electron chi connectivity index (χ0n) is 12.2. The standard InChI is InChI=1S/C15H18INO3S/c1-8(2)14-17(11(7-21-14)15(19)20)13(18)10-6-4-5-9(3)12(10)16/h4-6,8,11,14H,7H2,1-3H3,(H,19,20). The maximum atomic E-state index is 12.9. The van der Waals surface area contributed by atoms with Crippen LogP contribution in [0.25, 0.3) is 0 Å². The summed E-state index contributed by atoms with van der Waals surface area (Å²) in [5.41, 5.74) is 1.62. The number of aryl methyl sites for hydroxylation is 1. The van der Waals surface area contributed by atoms with Crippen molar-refractivity contribution in [2.45, 2.75) is 32.2 Å². The van der Waals surface area contributed by atoms with Gasteiger partial charge in [-0.2, -0.15) is 0 Å². The van der Waals surface area contributed by atoms with Crippen molar-refractivity contribution >= 4 is 46.2 Å². The van der Waals surface area contributed by atoms with Crippen LogP contribution in [0.15, 0.2) is 18.2 Å². The number of aliphatic carboxylic acids is 1. The molecule has 1 N–H and O–H groups in total. The molecule has 2 rings (SSSR count). The number of carboxylic acid groups (broad SMARTS) is 1. The van der Waals surface area contributed by atoms with E-state index in [1.807, 2.05) is 32.9 Å². The van der Waals surface area contributed by atoms with E-state index in [4.69, 9.17) is 0 Å². The first kappa shape index (κ1) is 16.6. The highest BCUT2D eigenvalue weighted by molar-refractivity contribution is 14.1. The van der Waals surface area contributed by atoms with E-state index in [0.29, 0.717) is 11.3 Å². The summed E-state index contributed by atoms with van der Waals surface area (Å²) in [6.07, 6.45) is 0. The summed E-state index contributed by atoms with van der Waals surface area (Å²) < 4.78 is 0.892. The number of rotatable bonds is 3. The van der Waals surface area contributed by atoms with E-state index in [-0.39, 0.29) is 17.2 Å².